The van der Waals surface area contributed by atoms with E-state index in [4.69, 9.17) is 11.6 Å². The lowest BCUT2D eigenvalue weighted by Crippen LogP contribution is -2.14. The first-order valence-corrected chi connectivity index (χ1v) is 6.13. The molecule has 1 unspecified atom stereocenters. The van der Waals surface area contributed by atoms with Crippen LogP contribution >= 0.6 is 27.5 Å². The SMILES string of the molecule is C=CCCC(C)Nc1cc(Br)ccc1Cl. The monoisotopic (exact) mass is 287 g/mol. The Bertz CT molecular complexity index is 338. The number of hydrogen-bond donors (Lipinski definition) is 1. The molecule has 1 atom stereocenters. The van der Waals surface area contributed by atoms with Gasteiger partial charge in [0.15, 0.2) is 0 Å². The minimum Gasteiger partial charge on any atom is -0.381 e. The Morgan fingerprint density at radius 2 is 2.33 bits per heavy atom. The highest BCUT2D eigenvalue weighted by Gasteiger charge is 2.04. The van der Waals surface area contributed by atoms with Gasteiger partial charge in [-0.3, -0.25) is 0 Å². The van der Waals surface area contributed by atoms with Crippen LogP contribution in [-0.4, -0.2) is 6.04 Å². The third kappa shape index (κ3) is 4.27. The van der Waals surface area contributed by atoms with E-state index in [0.717, 1.165) is 28.0 Å². The summed E-state index contributed by atoms with van der Waals surface area (Å²) in [6.45, 7) is 5.85. The molecule has 0 fully saturated rings. The van der Waals surface area contributed by atoms with E-state index in [0.29, 0.717) is 6.04 Å². The molecule has 0 saturated heterocycles. The molecule has 1 aromatic carbocycles. The van der Waals surface area contributed by atoms with Crippen molar-refractivity contribution < 1.29 is 0 Å². The molecule has 0 aromatic heterocycles. The van der Waals surface area contributed by atoms with Crippen LogP contribution in [0.2, 0.25) is 5.02 Å². The lowest BCUT2D eigenvalue weighted by atomic mass is 10.1. The van der Waals surface area contributed by atoms with E-state index < -0.39 is 0 Å². The number of nitrogens with one attached hydrogen (secondary N) is 1. The number of hydrogen-bond acceptors (Lipinski definition) is 1. The first kappa shape index (κ1) is 12.6. The van der Waals surface area contributed by atoms with Gasteiger partial charge in [0.25, 0.3) is 0 Å². The Labute approximate surface area is 105 Å². The summed E-state index contributed by atoms with van der Waals surface area (Å²) in [5.41, 5.74) is 0.975. The zero-order valence-electron chi connectivity index (χ0n) is 8.76. The first-order valence-electron chi connectivity index (χ1n) is 4.96. The Hall–Kier alpha value is -0.470. The third-order valence-electron chi connectivity index (χ3n) is 2.13. The molecule has 0 heterocycles. The van der Waals surface area contributed by atoms with E-state index in [1.165, 1.54) is 0 Å². The van der Waals surface area contributed by atoms with Gasteiger partial charge in [0.1, 0.15) is 0 Å². The van der Waals surface area contributed by atoms with Crippen LogP contribution < -0.4 is 5.32 Å². The van der Waals surface area contributed by atoms with E-state index in [1.54, 1.807) is 0 Å². The molecule has 15 heavy (non-hydrogen) atoms. The Morgan fingerprint density at radius 3 is 3.00 bits per heavy atom. The van der Waals surface area contributed by atoms with Crippen LogP contribution in [0.25, 0.3) is 0 Å². The summed E-state index contributed by atoms with van der Waals surface area (Å²) < 4.78 is 1.03. The molecule has 1 N–H and O–H groups in total. The van der Waals surface area contributed by atoms with Crippen molar-refractivity contribution in [3.05, 3.63) is 40.3 Å². The maximum absolute atomic E-state index is 6.07. The van der Waals surface area contributed by atoms with Crippen LogP contribution in [0.1, 0.15) is 19.8 Å². The van der Waals surface area contributed by atoms with E-state index in [-0.39, 0.29) is 0 Å². The van der Waals surface area contributed by atoms with Crippen molar-refractivity contribution in [1.29, 1.82) is 0 Å². The molecule has 0 spiro atoms. The molecular formula is C12H15BrClN. The molecule has 0 saturated carbocycles. The van der Waals surface area contributed by atoms with Gasteiger partial charge < -0.3 is 5.32 Å². The summed E-state index contributed by atoms with van der Waals surface area (Å²) in [4.78, 5) is 0. The summed E-state index contributed by atoms with van der Waals surface area (Å²) in [5, 5.41) is 4.13. The second-order valence-electron chi connectivity index (χ2n) is 3.54. The van der Waals surface area contributed by atoms with Gasteiger partial charge in [-0.25, -0.2) is 0 Å². The summed E-state index contributed by atoms with van der Waals surface area (Å²) in [7, 11) is 0. The summed E-state index contributed by atoms with van der Waals surface area (Å²) in [5.74, 6) is 0. The minimum atomic E-state index is 0.398. The smallest absolute Gasteiger partial charge is 0.0638 e. The minimum absolute atomic E-state index is 0.398. The van der Waals surface area contributed by atoms with Crippen LogP contribution in [0.15, 0.2) is 35.3 Å². The highest BCUT2D eigenvalue weighted by molar-refractivity contribution is 9.10. The van der Waals surface area contributed by atoms with Gasteiger partial charge in [-0.15, -0.1) is 6.58 Å². The van der Waals surface area contributed by atoms with Crippen LogP contribution in [0.4, 0.5) is 5.69 Å². The molecule has 0 aliphatic rings. The van der Waals surface area contributed by atoms with E-state index in [1.807, 2.05) is 24.3 Å². The van der Waals surface area contributed by atoms with Gasteiger partial charge in [0.2, 0.25) is 0 Å². The Balaban J connectivity index is 2.62. The van der Waals surface area contributed by atoms with Crippen LogP contribution in [0.3, 0.4) is 0 Å². The topological polar surface area (TPSA) is 12.0 Å². The van der Waals surface area contributed by atoms with Crippen molar-refractivity contribution in [2.24, 2.45) is 0 Å². The molecule has 1 nitrogen and oxygen atoms in total. The predicted molar refractivity (Wildman–Crippen MR) is 71.7 cm³/mol. The van der Waals surface area contributed by atoms with Gasteiger partial charge in [-0.2, -0.15) is 0 Å². The molecule has 0 bridgehead atoms. The van der Waals surface area contributed by atoms with Gasteiger partial charge >= 0.3 is 0 Å². The molecular weight excluding hydrogens is 273 g/mol. The molecule has 1 aromatic rings. The quantitative estimate of drug-likeness (QED) is 0.762. The van der Waals surface area contributed by atoms with Crippen molar-refractivity contribution in [1.82, 2.24) is 0 Å². The fraction of sp³-hybridized carbons (Fsp3) is 0.333. The third-order valence-corrected chi connectivity index (χ3v) is 2.96. The lowest BCUT2D eigenvalue weighted by Gasteiger charge is -2.15. The fourth-order valence-corrected chi connectivity index (χ4v) is 1.85. The molecule has 1 rings (SSSR count). The molecule has 82 valence electrons. The van der Waals surface area contributed by atoms with Gasteiger partial charge in [0.05, 0.1) is 10.7 Å². The predicted octanol–water partition coefficient (Wildman–Crippen LogP) is 4.87. The van der Waals surface area contributed by atoms with Crippen LogP contribution in [-0.2, 0) is 0 Å². The van der Waals surface area contributed by atoms with Gasteiger partial charge in [0, 0.05) is 10.5 Å². The second-order valence-corrected chi connectivity index (χ2v) is 4.86. The first-order chi connectivity index (χ1) is 7.13. The molecule has 0 aliphatic heterocycles. The number of benzene rings is 1. The number of allylic oxidation sites excluding steroid dienone is 1. The zero-order valence-corrected chi connectivity index (χ0v) is 11.1. The van der Waals surface area contributed by atoms with Crippen molar-refractivity contribution in [2.45, 2.75) is 25.8 Å². The normalized spacial score (nSPS) is 12.2. The summed E-state index contributed by atoms with van der Waals surface area (Å²) in [6, 6.07) is 6.21. The van der Waals surface area contributed by atoms with Crippen molar-refractivity contribution >= 4 is 33.2 Å². The summed E-state index contributed by atoms with van der Waals surface area (Å²) in [6.07, 6.45) is 4.01. The largest absolute Gasteiger partial charge is 0.381 e. The van der Waals surface area contributed by atoms with Crippen LogP contribution in [0, 0.1) is 0 Å². The highest BCUT2D eigenvalue weighted by atomic mass is 79.9. The van der Waals surface area contributed by atoms with E-state index in [2.05, 4.69) is 34.7 Å². The average molecular weight is 289 g/mol. The maximum atomic E-state index is 6.07. The summed E-state index contributed by atoms with van der Waals surface area (Å²) >= 11 is 9.49. The molecule has 3 heteroatoms. The Morgan fingerprint density at radius 1 is 1.60 bits per heavy atom. The fourth-order valence-electron chi connectivity index (χ4n) is 1.31. The zero-order chi connectivity index (χ0) is 11.3. The second kappa shape index (κ2) is 6.19. The van der Waals surface area contributed by atoms with Crippen molar-refractivity contribution in [3.63, 3.8) is 0 Å². The molecule has 0 aliphatic carbocycles. The molecule has 0 radical (unpaired) electrons. The maximum Gasteiger partial charge on any atom is 0.0638 e. The standard InChI is InChI=1S/C12H15BrClN/c1-3-4-5-9(2)15-12-8-10(13)6-7-11(12)14/h3,6-9,15H,1,4-5H2,2H3. The van der Waals surface area contributed by atoms with Gasteiger partial charge in [-0.1, -0.05) is 33.6 Å². The highest BCUT2D eigenvalue weighted by Crippen LogP contribution is 2.26. The number of anilines is 1. The number of rotatable bonds is 5. The lowest BCUT2D eigenvalue weighted by molar-refractivity contribution is 0.719. The van der Waals surface area contributed by atoms with Crippen molar-refractivity contribution in [2.75, 3.05) is 5.32 Å². The average Bonchev–Trinajstić information content (AvgIpc) is 2.20. The van der Waals surface area contributed by atoms with Crippen molar-refractivity contribution in [3.8, 4) is 0 Å². The van der Waals surface area contributed by atoms with E-state index in [9.17, 15) is 0 Å². The van der Waals surface area contributed by atoms with E-state index >= 15 is 0 Å². The Kier molecular flexibility index (Phi) is 5.20. The van der Waals surface area contributed by atoms with Gasteiger partial charge in [-0.05, 0) is 38.0 Å². The number of halogens is 2. The molecule has 0 amide bonds. The van der Waals surface area contributed by atoms with Crippen LogP contribution in [0.5, 0.6) is 0 Å².